The van der Waals surface area contributed by atoms with E-state index in [1.807, 2.05) is 79.7 Å². The smallest absolute Gasteiger partial charge is 0.243 e. The molecule has 0 unspecified atom stereocenters. The first kappa shape index (κ1) is 24.6. The third kappa shape index (κ3) is 6.96. The monoisotopic (exact) mass is 487 g/mol. The van der Waals surface area contributed by atoms with Gasteiger partial charge >= 0.3 is 0 Å². The molecule has 0 bridgehead atoms. The molecule has 0 aliphatic carbocycles. The number of carbonyl (C=O) groups is 1. The van der Waals surface area contributed by atoms with Gasteiger partial charge in [-0.1, -0.05) is 54.1 Å². The van der Waals surface area contributed by atoms with Gasteiger partial charge in [-0.15, -0.1) is 0 Å². The summed E-state index contributed by atoms with van der Waals surface area (Å²) in [4.78, 5) is 17.0. The fourth-order valence-electron chi connectivity index (χ4n) is 3.94. The maximum absolute atomic E-state index is 12.1. The maximum atomic E-state index is 12.1. The van der Waals surface area contributed by atoms with Crippen LogP contribution in [0.1, 0.15) is 29.8 Å². The van der Waals surface area contributed by atoms with Gasteiger partial charge in [0.25, 0.3) is 0 Å². The van der Waals surface area contributed by atoms with Crippen LogP contribution in [0.4, 0.5) is 0 Å². The van der Waals surface area contributed by atoms with Gasteiger partial charge < -0.3 is 14.6 Å². The summed E-state index contributed by atoms with van der Waals surface area (Å²) >= 11 is 6.10. The van der Waals surface area contributed by atoms with Gasteiger partial charge in [-0.25, -0.2) is 4.98 Å². The van der Waals surface area contributed by atoms with Crippen LogP contribution < -0.4 is 10.1 Å². The van der Waals surface area contributed by atoms with E-state index in [0.29, 0.717) is 13.2 Å². The second-order valence-electron chi connectivity index (χ2n) is 8.42. The van der Waals surface area contributed by atoms with Crippen LogP contribution in [0.2, 0.25) is 5.02 Å². The van der Waals surface area contributed by atoms with E-state index < -0.39 is 0 Å². The van der Waals surface area contributed by atoms with Crippen molar-refractivity contribution >= 4 is 34.6 Å². The highest BCUT2D eigenvalue weighted by Gasteiger charge is 2.10. The Morgan fingerprint density at radius 1 is 1.06 bits per heavy atom. The van der Waals surface area contributed by atoms with E-state index in [9.17, 15) is 4.79 Å². The number of benzene rings is 3. The minimum Gasteiger partial charge on any atom is -0.494 e. The number of imidazole rings is 1. The highest BCUT2D eigenvalue weighted by molar-refractivity contribution is 6.31. The molecule has 0 radical (unpaired) electrons. The van der Waals surface area contributed by atoms with Crippen LogP contribution in [0.25, 0.3) is 17.1 Å². The molecule has 0 fully saturated rings. The van der Waals surface area contributed by atoms with Crippen molar-refractivity contribution in [2.24, 2.45) is 0 Å². The Balaban J connectivity index is 1.29. The van der Waals surface area contributed by atoms with Gasteiger partial charge in [-0.3, -0.25) is 4.79 Å². The fraction of sp³-hybridized carbons (Fsp3) is 0.241. The van der Waals surface area contributed by atoms with E-state index in [-0.39, 0.29) is 5.91 Å². The number of hydrogen-bond acceptors (Lipinski definition) is 3. The molecular weight excluding hydrogens is 458 g/mol. The normalized spacial score (nSPS) is 11.3. The first-order valence-electron chi connectivity index (χ1n) is 11.9. The van der Waals surface area contributed by atoms with Gasteiger partial charge in [-0.05, 0) is 67.3 Å². The summed E-state index contributed by atoms with van der Waals surface area (Å²) in [6, 6.07) is 23.7. The number of para-hydroxylation sites is 2. The molecule has 0 spiro atoms. The molecule has 1 heterocycles. The van der Waals surface area contributed by atoms with Crippen molar-refractivity contribution < 1.29 is 9.53 Å². The minimum absolute atomic E-state index is 0.0862. The lowest BCUT2D eigenvalue weighted by atomic mass is 10.2. The molecule has 5 nitrogen and oxygen atoms in total. The van der Waals surface area contributed by atoms with E-state index in [4.69, 9.17) is 21.3 Å². The summed E-state index contributed by atoms with van der Waals surface area (Å²) < 4.78 is 8.19. The summed E-state index contributed by atoms with van der Waals surface area (Å²) in [5.74, 6) is 1.78. The predicted molar refractivity (Wildman–Crippen MR) is 143 cm³/mol. The van der Waals surface area contributed by atoms with Crippen LogP contribution in [0.5, 0.6) is 5.75 Å². The van der Waals surface area contributed by atoms with Crippen molar-refractivity contribution in [2.45, 2.75) is 32.7 Å². The lowest BCUT2D eigenvalue weighted by molar-refractivity contribution is -0.116. The average molecular weight is 488 g/mol. The number of aromatic nitrogens is 2. The summed E-state index contributed by atoms with van der Waals surface area (Å²) in [7, 11) is 0. The number of hydrogen-bond donors (Lipinski definition) is 1. The highest BCUT2D eigenvalue weighted by Crippen LogP contribution is 2.22. The first-order valence-corrected chi connectivity index (χ1v) is 12.3. The summed E-state index contributed by atoms with van der Waals surface area (Å²) in [5.41, 5.74) is 4.13. The number of nitrogens with zero attached hydrogens (tertiary/aromatic N) is 2. The van der Waals surface area contributed by atoms with Crippen molar-refractivity contribution in [1.82, 2.24) is 14.9 Å². The van der Waals surface area contributed by atoms with Crippen molar-refractivity contribution in [3.63, 3.8) is 0 Å². The lowest BCUT2D eigenvalue weighted by Gasteiger charge is -2.11. The first-order chi connectivity index (χ1) is 17.1. The molecule has 0 aliphatic heterocycles. The molecule has 1 N–H and O–H groups in total. The number of rotatable bonds is 11. The van der Waals surface area contributed by atoms with Gasteiger partial charge in [0.05, 0.1) is 17.6 Å². The molecule has 0 saturated heterocycles. The van der Waals surface area contributed by atoms with Crippen LogP contribution in [0.3, 0.4) is 0 Å². The van der Waals surface area contributed by atoms with E-state index in [0.717, 1.165) is 64.6 Å². The van der Waals surface area contributed by atoms with Crippen LogP contribution in [0, 0.1) is 6.92 Å². The molecule has 0 saturated carbocycles. The number of fused-ring (bicyclic) bond motifs is 1. The zero-order valence-corrected chi connectivity index (χ0v) is 20.7. The van der Waals surface area contributed by atoms with Gasteiger partial charge in [0.15, 0.2) is 0 Å². The quantitative estimate of drug-likeness (QED) is 0.201. The van der Waals surface area contributed by atoms with E-state index in [2.05, 4.69) is 16.0 Å². The Hall–Kier alpha value is -3.57. The van der Waals surface area contributed by atoms with Crippen LogP contribution in [-0.2, 0) is 17.8 Å². The van der Waals surface area contributed by atoms with Crippen LogP contribution in [-0.4, -0.2) is 28.6 Å². The van der Waals surface area contributed by atoms with E-state index in [1.54, 1.807) is 6.08 Å². The molecule has 0 atom stereocenters. The number of nitrogens with one attached hydrogen (secondary N) is 1. The standard InChI is InChI=1S/C29H30ClN3O2/c1-22-21-24(15-16-25(22)30)35-20-8-19-33-27-12-6-5-11-26(27)32-28(33)13-7-18-31-29(34)17-14-23-9-3-2-4-10-23/h2-6,9-12,14-17,21H,7-8,13,18-20H2,1H3,(H,31,34)/b17-14+. The van der Waals surface area contributed by atoms with E-state index in [1.165, 1.54) is 0 Å². The highest BCUT2D eigenvalue weighted by atomic mass is 35.5. The van der Waals surface area contributed by atoms with Crippen LogP contribution >= 0.6 is 11.6 Å². The zero-order valence-electron chi connectivity index (χ0n) is 19.9. The van der Waals surface area contributed by atoms with Crippen molar-refractivity contribution in [3.8, 4) is 5.75 Å². The second-order valence-corrected chi connectivity index (χ2v) is 8.83. The number of halogens is 1. The van der Waals surface area contributed by atoms with Gasteiger partial charge in [0.2, 0.25) is 5.91 Å². The van der Waals surface area contributed by atoms with Crippen LogP contribution in [0.15, 0.2) is 78.9 Å². The number of amides is 1. The Labute approximate surface area is 211 Å². The molecule has 1 amide bonds. The number of ether oxygens (including phenoxy) is 1. The fourth-order valence-corrected chi connectivity index (χ4v) is 4.06. The molecular formula is C29H30ClN3O2. The Morgan fingerprint density at radius 3 is 2.69 bits per heavy atom. The van der Waals surface area contributed by atoms with Gasteiger partial charge in [-0.2, -0.15) is 0 Å². The Bertz CT molecular complexity index is 1300. The Kier molecular flexibility index (Phi) is 8.58. The Morgan fingerprint density at radius 2 is 1.86 bits per heavy atom. The topological polar surface area (TPSA) is 56.1 Å². The summed E-state index contributed by atoms with van der Waals surface area (Å²) in [5, 5.41) is 3.71. The lowest BCUT2D eigenvalue weighted by Crippen LogP contribution is -2.22. The molecule has 180 valence electrons. The summed E-state index contributed by atoms with van der Waals surface area (Å²) in [6.45, 7) is 3.99. The predicted octanol–water partition coefficient (Wildman–Crippen LogP) is 6.23. The van der Waals surface area contributed by atoms with E-state index >= 15 is 0 Å². The molecule has 35 heavy (non-hydrogen) atoms. The number of aryl methyl sites for hydroxylation is 3. The summed E-state index contributed by atoms with van der Waals surface area (Å²) in [6.07, 6.45) is 5.86. The van der Waals surface area contributed by atoms with Crippen molar-refractivity contribution in [2.75, 3.05) is 13.2 Å². The zero-order chi connectivity index (χ0) is 24.5. The third-order valence-electron chi connectivity index (χ3n) is 5.76. The molecule has 1 aromatic heterocycles. The SMILES string of the molecule is Cc1cc(OCCCn2c(CCCNC(=O)/C=C/c3ccccc3)nc3ccccc32)ccc1Cl. The van der Waals surface area contributed by atoms with Gasteiger partial charge in [0.1, 0.15) is 11.6 Å². The molecule has 6 heteroatoms. The minimum atomic E-state index is -0.0862. The average Bonchev–Trinajstić information content (AvgIpc) is 3.23. The third-order valence-corrected chi connectivity index (χ3v) is 6.19. The second kappa shape index (κ2) is 12.2. The van der Waals surface area contributed by atoms with Crippen molar-refractivity contribution in [1.29, 1.82) is 0 Å². The molecule has 3 aromatic carbocycles. The molecule has 4 aromatic rings. The molecule has 4 rings (SSSR count). The number of carbonyl (C=O) groups excluding carboxylic acids is 1. The largest absolute Gasteiger partial charge is 0.494 e. The van der Waals surface area contributed by atoms with Crippen molar-refractivity contribution in [3.05, 3.63) is 101 Å². The maximum Gasteiger partial charge on any atom is 0.243 e. The van der Waals surface area contributed by atoms with Gasteiger partial charge in [0, 0.05) is 30.6 Å². The molecule has 0 aliphatic rings.